The Morgan fingerprint density at radius 3 is 2.65 bits per heavy atom. The Kier molecular flexibility index (Phi) is 3.66. The van der Waals surface area contributed by atoms with Crippen molar-refractivity contribution in [2.75, 3.05) is 38.6 Å². The second-order valence-electron chi connectivity index (χ2n) is 6.11. The van der Waals surface area contributed by atoms with Gasteiger partial charge in [-0.3, -0.25) is 4.79 Å². The Hall–Kier alpha value is -1.55. The highest BCUT2D eigenvalue weighted by Crippen LogP contribution is 2.26. The van der Waals surface area contributed by atoms with Gasteiger partial charge in [0, 0.05) is 44.5 Å². The van der Waals surface area contributed by atoms with Gasteiger partial charge in [0.05, 0.1) is 0 Å². The predicted octanol–water partition coefficient (Wildman–Crippen LogP) is 1.58. The normalized spacial score (nSPS) is 25.4. The summed E-state index contributed by atoms with van der Waals surface area (Å²) in [5.74, 6) is 0.820. The number of hydrogen-bond acceptors (Lipinski definition) is 3. The van der Waals surface area contributed by atoms with Gasteiger partial charge >= 0.3 is 0 Å². The van der Waals surface area contributed by atoms with Crippen LogP contribution in [-0.4, -0.2) is 50.6 Å². The summed E-state index contributed by atoms with van der Waals surface area (Å²) in [5, 5.41) is 3.54. The highest BCUT2D eigenvalue weighted by Gasteiger charge is 2.36. The van der Waals surface area contributed by atoms with Crippen LogP contribution in [0.3, 0.4) is 0 Å². The molecule has 0 aliphatic carbocycles. The maximum absolute atomic E-state index is 12.6. The molecule has 20 heavy (non-hydrogen) atoms. The van der Waals surface area contributed by atoms with Crippen LogP contribution in [0.5, 0.6) is 0 Å². The minimum Gasteiger partial charge on any atom is -0.378 e. The van der Waals surface area contributed by atoms with Crippen LogP contribution in [0.15, 0.2) is 24.3 Å². The molecular weight excluding hydrogens is 250 g/mol. The first-order valence-electron chi connectivity index (χ1n) is 7.45. The van der Waals surface area contributed by atoms with Gasteiger partial charge in [0.1, 0.15) is 0 Å². The third-order valence-electron chi connectivity index (χ3n) is 4.52. The number of piperidine rings is 1. The van der Waals surface area contributed by atoms with Gasteiger partial charge in [0.15, 0.2) is 0 Å². The van der Waals surface area contributed by atoms with E-state index in [0.717, 1.165) is 30.9 Å². The van der Waals surface area contributed by atoms with E-state index in [2.05, 4.69) is 5.32 Å². The summed E-state index contributed by atoms with van der Waals surface area (Å²) in [6.45, 7) is 2.87. The molecule has 1 aromatic carbocycles. The Labute approximate surface area is 120 Å². The van der Waals surface area contributed by atoms with Crippen LogP contribution in [0.2, 0.25) is 0 Å². The van der Waals surface area contributed by atoms with Crippen molar-refractivity contribution in [1.29, 1.82) is 0 Å². The number of hydrogen-bond donors (Lipinski definition) is 1. The Balaban J connectivity index is 1.69. The molecule has 0 radical (unpaired) electrons. The lowest BCUT2D eigenvalue weighted by molar-refractivity contribution is 0.0785. The number of amides is 1. The fraction of sp³-hybridized carbons (Fsp3) is 0.562. The van der Waals surface area contributed by atoms with Crippen LogP contribution >= 0.6 is 0 Å². The molecule has 2 fully saturated rings. The van der Waals surface area contributed by atoms with Gasteiger partial charge in [0.2, 0.25) is 0 Å². The molecule has 2 saturated heterocycles. The number of fused-ring (bicyclic) bond motifs is 1. The number of nitrogens with zero attached hydrogens (tertiary/aromatic N) is 2. The van der Waals surface area contributed by atoms with Crippen molar-refractivity contribution in [3.05, 3.63) is 29.8 Å². The second kappa shape index (κ2) is 5.44. The van der Waals surface area contributed by atoms with Crippen LogP contribution in [0.25, 0.3) is 0 Å². The number of anilines is 1. The van der Waals surface area contributed by atoms with E-state index < -0.39 is 0 Å². The van der Waals surface area contributed by atoms with Crippen LogP contribution in [0.1, 0.15) is 23.2 Å². The monoisotopic (exact) mass is 273 g/mol. The Bertz CT molecular complexity index is 469. The van der Waals surface area contributed by atoms with E-state index in [1.807, 2.05) is 48.2 Å². The maximum Gasteiger partial charge on any atom is 0.253 e. The quantitative estimate of drug-likeness (QED) is 0.888. The molecule has 3 rings (SSSR count). The average Bonchev–Trinajstić information content (AvgIpc) is 2.90. The standard InChI is InChI=1S/C16H23N3O/c1-18(2)14-7-5-12(6-8-14)16(20)19-10-13-4-3-9-17-15(13)11-19/h5-8,13,15,17H,3-4,9-11H2,1-2H3/t13-,15+/m0/s1. The van der Waals surface area contributed by atoms with Crippen molar-refractivity contribution in [3.8, 4) is 0 Å². The molecule has 0 bridgehead atoms. The second-order valence-corrected chi connectivity index (χ2v) is 6.11. The van der Waals surface area contributed by atoms with Gasteiger partial charge in [-0.25, -0.2) is 0 Å². The molecular formula is C16H23N3O. The van der Waals surface area contributed by atoms with Gasteiger partial charge in [-0.2, -0.15) is 0 Å². The molecule has 108 valence electrons. The maximum atomic E-state index is 12.6. The fourth-order valence-corrected chi connectivity index (χ4v) is 3.30. The zero-order chi connectivity index (χ0) is 14.1. The van der Waals surface area contributed by atoms with Crippen LogP contribution in [0, 0.1) is 5.92 Å². The number of likely N-dealkylation sites (tertiary alicyclic amines) is 1. The molecule has 1 aromatic rings. The van der Waals surface area contributed by atoms with Gasteiger partial charge in [-0.15, -0.1) is 0 Å². The number of carbonyl (C=O) groups excluding carboxylic acids is 1. The number of benzene rings is 1. The highest BCUT2D eigenvalue weighted by atomic mass is 16.2. The third kappa shape index (κ3) is 2.52. The van der Waals surface area contributed by atoms with E-state index in [-0.39, 0.29) is 5.91 Å². The lowest BCUT2D eigenvalue weighted by Crippen LogP contribution is -2.41. The van der Waals surface area contributed by atoms with E-state index in [1.54, 1.807) is 0 Å². The van der Waals surface area contributed by atoms with Crippen molar-refractivity contribution >= 4 is 11.6 Å². The number of carbonyl (C=O) groups is 1. The smallest absolute Gasteiger partial charge is 0.253 e. The molecule has 1 N–H and O–H groups in total. The van der Waals surface area contributed by atoms with Gasteiger partial charge in [-0.05, 0) is 49.6 Å². The fourth-order valence-electron chi connectivity index (χ4n) is 3.30. The summed E-state index contributed by atoms with van der Waals surface area (Å²) in [6, 6.07) is 8.40. The molecule has 1 amide bonds. The first-order valence-corrected chi connectivity index (χ1v) is 7.45. The molecule has 2 aliphatic heterocycles. The molecule has 2 aliphatic rings. The first-order chi connectivity index (χ1) is 9.65. The SMILES string of the molecule is CN(C)c1ccc(C(=O)N2C[C@@H]3CCCN[C@@H]3C2)cc1. The third-order valence-corrected chi connectivity index (χ3v) is 4.52. The van der Waals surface area contributed by atoms with E-state index >= 15 is 0 Å². The summed E-state index contributed by atoms with van der Waals surface area (Å²) in [6.07, 6.45) is 2.49. The predicted molar refractivity (Wildman–Crippen MR) is 81.2 cm³/mol. The van der Waals surface area contributed by atoms with Crippen molar-refractivity contribution in [1.82, 2.24) is 10.2 Å². The van der Waals surface area contributed by atoms with Gasteiger partial charge in [-0.1, -0.05) is 0 Å². The van der Waals surface area contributed by atoms with Crippen molar-refractivity contribution in [3.63, 3.8) is 0 Å². The van der Waals surface area contributed by atoms with Crippen LogP contribution < -0.4 is 10.2 Å². The van der Waals surface area contributed by atoms with Crippen LogP contribution in [-0.2, 0) is 0 Å². The minimum atomic E-state index is 0.173. The summed E-state index contributed by atoms with van der Waals surface area (Å²) in [5.41, 5.74) is 1.92. The molecule has 4 heteroatoms. The number of rotatable bonds is 2. The van der Waals surface area contributed by atoms with Gasteiger partial charge in [0.25, 0.3) is 5.91 Å². The summed E-state index contributed by atoms with van der Waals surface area (Å²) in [7, 11) is 4.02. The van der Waals surface area contributed by atoms with Crippen LogP contribution in [0.4, 0.5) is 5.69 Å². The molecule has 4 nitrogen and oxygen atoms in total. The number of nitrogens with one attached hydrogen (secondary N) is 1. The molecule has 2 atom stereocenters. The molecule has 0 unspecified atom stereocenters. The Morgan fingerprint density at radius 2 is 2.00 bits per heavy atom. The van der Waals surface area contributed by atoms with E-state index in [0.29, 0.717) is 12.0 Å². The summed E-state index contributed by atoms with van der Waals surface area (Å²) < 4.78 is 0. The van der Waals surface area contributed by atoms with E-state index in [4.69, 9.17) is 0 Å². The van der Waals surface area contributed by atoms with Crippen molar-refractivity contribution < 1.29 is 4.79 Å². The molecule has 0 spiro atoms. The van der Waals surface area contributed by atoms with Gasteiger partial charge < -0.3 is 15.1 Å². The van der Waals surface area contributed by atoms with Crippen molar-refractivity contribution in [2.45, 2.75) is 18.9 Å². The molecule has 0 saturated carbocycles. The lowest BCUT2D eigenvalue weighted by atomic mass is 9.94. The molecule has 0 aromatic heterocycles. The average molecular weight is 273 g/mol. The highest BCUT2D eigenvalue weighted by molar-refractivity contribution is 5.94. The zero-order valence-electron chi connectivity index (χ0n) is 12.3. The topological polar surface area (TPSA) is 35.6 Å². The molecule has 2 heterocycles. The summed E-state index contributed by atoms with van der Waals surface area (Å²) >= 11 is 0. The van der Waals surface area contributed by atoms with Crippen molar-refractivity contribution in [2.24, 2.45) is 5.92 Å². The lowest BCUT2D eigenvalue weighted by Gasteiger charge is -2.24. The zero-order valence-corrected chi connectivity index (χ0v) is 12.3. The first kappa shape index (κ1) is 13.4. The van der Waals surface area contributed by atoms with E-state index in [9.17, 15) is 4.79 Å². The largest absolute Gasteiger partial charge is 0.378 e. The Morgan fingerprint density at radius 1 is 1.25 bits per heavy atom. The summed E-state index contributed by atoms with van der Waals surface area (Å²) in [4.78, 5) is 16.6. The van der Waals surface area contributed by atoms with E-state index in [1.165, 1.54) is 12.8 Å². The minimum absolute atomic E-state index is 0.173.